The molecule has 0 spiro atoms. The number of carbonyl (C=O) groups is 1. The standard InChI is InChI=1S/C12H14FN3O/c1-7-4-5-9(14-6-7)10-15-11(17)12(3,16-10)8(2)13/h4-6,8H,1-3H3,(H,15,16,17). The Morgan fingerprint density at radius 1 is 1.47 bits per heavy atom. The van der Waals surface area contributed by atoms with Gasteiger partial charge in [-0.05, 0) is 32.4 Å². The van der Waals surface area contributed by atoms with Crippen LogP contribution in [0.5, 0.6) is 0 Å². The van der Waals surface area contributed by atoms with Gasteiger partial charge in [0.15, 0.2) is 5.84 Å². The molecule has 0 radical (unpaired) electrons. The molecule has 0 bridgehead atoms. The van der Waals surface area contributed by atoms with Gasteiger partial charge < -0.3 is 5.32 Å². The van der Waals surface area contributed by atoms with E-state index in [9.17, 15) is 9.18 Å². The average molecular weight is 235 g/mol. The number of aryl methyl sites for hydroxylation is 1. The van der Waals surface area contributed by atoms with Gasteiger partial charge >= 0.3 is 0 Å². The van der Waals surface area contributed by atoms with Crippen molar-refractivity contribution in [2.24, 2.45) is 4.99 Å². The van der Waals surface area contributed by atoms with Gasteiger partial charge in [0.05, 0.1) is 0 Å². The van der Waals surface area contributed by atoms with E-state index in [0.717, 1.165) is 5.56 Å². The molecule has 1 aliphatic heterocycles. The van der Waals surface area contributed by atoms with Gasteiger partial charge in [0.1, 0.15) is 17.4 Å². The van der Waals surface area contributed by atoms with Crippen molar-refractivity contribution < 1.29 is 9.18 Å². The molecule has 0 fully saturated rings. The van der Waals surface area contributed by atoms with E-state index >= 15 is 0 Å². The van der Waals surface area contributed by atoms with E-state index in [4.69, 9.17) is 0 Å². The van der Waals surface area contributed by atoms with Gasteiger partial charge in [-0.1, -0.05) is 6.07 Å². The summed E-state index contributed by atoms with van der Waals surface area (Å²) in [5, 5.41) is 2.82. The van der Waals surface area contributed by atoms with Crippen LogP contribution in [0.25, 0.3) is 0 Å². The normalized spacial score (nSPS) is 25.4. The number of hydrogen-bond donors (Lipinski definition) is 1. The average Bonchev–Trinajstić information content (AvgIpc) is 2.58. The third-order valence-electron chi connectivity index (χ3n) is 2.99. The number of alkyl halides is 1. The van der Waals surface area contributed by atoms with E-state index < -0.39 is 17.6 Å². The maximum Gasteiger partial charge on any atom is 0.276 e. The quantitative estimate of drug-likeness (QED) is 0.842. The van der Waals surface area contributed by atoms with Crippen LogP contribution in [-0.2, 0) is 4.79 Å². The lowest BCUT2D eigenvalue weighted by Crippen LogP contribution is -2.52. The van der Waals surface area contributed by atoms with Crippen molar-refractivity contribution in [2.75, 3.05) is 0 Å². The van der Waals surface area contributed by atoms with Crippen LogP contribution in [0, 0.1) is 6.92 Å². The Labute approximate surface area is 99.0 Å². The molecule has 2 unspecified atom stereocenters. The van der Waals surface area contributed by atoms with E-state index in [1.54, 1.807) is 12.3 Å². The van der Waals surface area contributed by atoms with Crippen LogP contribution in [0.2, 0.25) is 0 Å². The maximum atomic E-state index is 13.4. The minimum absolute atomic E-state index is 0.335. The minimum atomic E-state index is -1.32. The number of carbonyl (C=O) groups excluding carboxylic acids is 1. The molecule has 0 aliphatic carbocycles. The maximum absolute atomic E-state index is 13.4. The highest BCUT2D eigenvalue weighted by Gasteiger charge is 2.45. The molecule has 2 atom stereocenters. The number of pyridine rings is 1. The summed E-state index contributed by atoms with van der Waals surface area (Å²) in [7, 11) is 0. The fraction of sp³-hybridized carbons (Fsp3) is 0.417. The molecule has 1 N–H and O–H groups in total. The van der Waals surface area contributed by atoms with Gasteiger partial charge in [-0.25, -0.2) is 4.39 Å². The molecule has 5 heteroatoms. The highest BCUT2D eigenvalue weighted by atomic mass is 19.1. The van der Waals surface area contributed by atoms with Crippen molar-refractivity contribution in [3.63, 3.8) is 0 Å². The second kappa shape index (κ2) is 3.91. The summed E-state index contributed by atoms with van der Waals surface area (Å²) in [6.45, 7) is 4.76. The molecule has 0 saturated heterocycles. The summed E-state index contributed by atoms with van der Waals surface area (Å²) in [6, 6.07) is 3.62. The Morgan fingerprint density at radius 3 is 2.65 bits per heavy atom. The van der Waals surface area contributed by atoms with Gasteiger partial charge in [0.2, 0.25) is 0 Å². The molecule has 1 aromatic heterocycles. The molecule has 1 amide bonds. The molecule has 90 valence electrons. The SMILES string of the molecule is Cc1ccc(C2=NC(=O)C(C)(C(C)F)N2)nc1. The van der Waals surface area contributed by atoms with Crippen LogP contribution in [0.15, 0.2) is 23.3 Å². The number of nitrogens with zero attached hydrogens (tertiary/aromatic N) is 2. The largest absolute Gasteiger partial charge is 0.352 e. The lowest BCUT2D eigenvalue weighted by molar-refractivity contribution is -0.123. The molecule has 0 aromatic carbocycles. The lowest BCUT2D eigenvalue weighted by atomic mass is 9.97. The van der Waals surface area contributed by atoms with E-state index in [1.165, 1.54) is 13.8 Å². The first kappa shape index (κ1) is 11.7. The third-order valence-corrected chi connectivity index (χ3v) is 2.99. The van der Waals surface area contributed by atoms with Crippen molar-refractivity contribution in [1.82, 2.24) is 10.3 Å². The van der Waals surface area contributed by atoms with Crippen LogP contribution in [0.4, 0.5) is 4.39 Å². The number of nitrogens with one attached hydrogen (secondary N) is 1. The molecule has 0 saturated carbocycles. The first-order valence-electron chi connectivity index (χ1n) is 5.42. The first-order chi connectivity index (χ1) is 7.93. The fourth-order valence-corrected chi connectivity index (χ4v) is 1.54. The van der Waals surface area contributed by atoms with Crippen molar-refractivity contribution in [1.29, 1.82) is 0 Å². The lowest BCUT2D eigenvalue weighted by Gasteiger charge is -2.23. The van der Waals surface area contributed by atoms with Crippen molar-refractivity contribution >= 4 is 11.7 Å². The Hall–Kier alpha value is -1.78. The van der Waals surface area contributed by atoms with Crippen LogP contribution in [0.1, 0.15) is 25.1 Å². The molecular formula is C12H14FN3O. The summed E-state index contributed by atoms with van der Waals surface area (Å²) >= 11 is 0. The van der Waals surface area contributed by atoms with E-state index in [2.05, 4.69) is 15.3 Å². The van der Waals surface area contributed by atoms with Gasteiger partial charge in [-0.15, -0.1) is 0 Å². The predicted molar refractivity (Wildman–Crippen MR) is 62.6 cm³/mol. The van der Waals surface area contributed by atoms with Crippen molar-refractivity contribution in [2.45, 2.75) is 32.5 Å². The Kier molecular flexibility index (Phi) is 2.69. The number of amides is 1. The summed E-state index contributed by atoms with van der Waals surface area (Å²) in [6.07, 6.45) is 0.361. The number of aromatic nitrogens is 1. The predicted octanol–water partition coefficient (Wildman–Crippen LogP) is 1.38. The molecule has 17 heavy (non-hydrogen) atoms. The highest BCUT2D eigenvalue weighted by Crippen LogP contribution is 2.21. The number of rotatable bonds is 2. The zero-order chi connectivity index (χ0) is 12.6. The number of aliphatic imine (C=N–C) groups is 1. The van der Waals surface area contributed by atoms with Gasteiger partial charge in [-0.3, -0.25) is 9.78 Å². The first-order valence-corrected chi connectivity index (χ1v) is 5.42. The second-order valence-electron chi connectivity index (χ2n) is 4.43. The van der Waals surface area contributed by atoms with Gasteiger partial charge in [0, 0.05) is 6.20 Å². The third kappa shape index (κ3) is 1.92. The summed E-state index contributed by atoms with van der Waals surface area (Å²) in [4.78, 5) is 19.6. The molecule has 1 aromatic rings. The number of hydrogen-bond acceptors (Lipinski definition) is 3. The Bertz CT molecular complexity index is 481. The zero-order valence-electron chi connectivity index (χ0n) is 9.99. The minimum Gasteiger partial charge on any atom is -0.352 e. The van der Waals surface area contributed by atoms with E-state index in [1.807, 2.05) is 13.0 Å². The molecule has 2 heterocycles. The van der Waals surface area contributed by atoms with E-state index in [0.29, 0.717) is 11.5 Å². The zero-order valence-corrected chi connectivity index (χ0v) is 9.99. The number of halogens is 1. The van der Waals surface area contributed by atoms with Gasteiger partial charge in [-0.2, -0.15) is 4.99 Å². The second-order valence-corrected chi connectivity index (χ2v) is 4.43. The topological polar surface area (TPSA) is 54.4 Å². The molecule has 4 nitrogen and oxygen atoms in total. The van der Waals surface area contributed by atoms with Crippen LogP contribution < -0.4 is 5.32 Å². The number of amidine groups is 1. The van der Waals surface area contributed by atoms with Crippen molar-refractivity contribution in [3.05, 3.63) is 29.6 Å². The van der Waals surface area contributed by atoms with Gasteiger partial charge in [0.25, 0.3) is 5.91 Å². The van der Waals surface area contributed by atoms with Crippen LogP contribution >= 0.6 is 0 Å². The molecule has 1 aliphatic rings. The molecular weight excluding hydrogens is 221 g/mol. The smallest absolute Gasteiger partial charge is 0.276 e. The van der Waals surface area contributed by atoms with E-state index in [-0.39, 0.29) is 0 Å². The fourth-order valence-electron chi connectivity index (χ4n) is 1.54. The Morgan fingerprint density at radius 2 is 2.18 bits per heavy atom. The van der Waals surface area contributed by atoms with Crippen LogP contribution in [0.3, 0.4) is 0 Å². The summed E-state index contributed by atoms with van der Waals surface area (Å²) in [5.74, 6) is -0.160. The Balaban J connectivity index is 2.30. The summed E-state index contributed by atoms with van der Waals surface area (Å²) < 4.78 is 13.4. The van der Waals surface area contributed by atoms with Crippen molar-refractivity contribution in [3.8, 4) is 0 Å². The highest BCUT2D eigenvalue weighted by molar-refractivity contribution is 6.12. The summed E-state index contributed by atoms with van der Waals surface area (Å²) in [5.41, 5.74) is 0.288. The monoisotopic (exact) mass is 235 g/mol. The molecule has 2 rings (SSSR count). The van der Waals surface area contributed by atoms with Crippen LogP contribution in [-0.4, -0.2) is 28.4 Å².